The van der Waals surface area contributed by atoms with E-state index >= 15 is 0 Å². The van der Waals surface area contributed by atoms with Crippen molar-refractivity contribution in [2.45, 2.75) is 35.3 Å². The molecular formula is C16H7BrF11IO2. The van der Waals surface area contributed by atoms with Crippen LogP contribution in [0.5, 0.6) is 0 Å². The first-order chi connectivity index (χ1) is 13.8. The zero-order chi connectivity index (χ0) is 24.3. The Morgan fingerprint density at radius 2 is 1.19 bits per heavy atom. The molecule has 1 saturated carbocycles. The van der Waals surface area contributed by atoms with Gasteiger partial charge >= 0.3 is 35.6 Å². The van der Waals surface area contributed by atoms with Gasteiger partial charge in [-0.05, 0) is 52.9 Å². The SMILES string of the molecule is O=C(OCC(I)=CC1(F)C(F)(F)C(F)(F)C(F)(F)C(F)(F)C1(F)F)c1ccc(Br)cc1. The van der Waals surface area contributed by atoms with Gasteiger partial charge < -0.3 is 4.74 Å². The molecule has 31 heavy (non-hydrogen) atoms. The van der Waals surface area contributed by atoms with Crippen molar-refractivity contribution in [1.29, 1.82) is 0 Å². The Morgan fingerprint density at radius 3 is 1.61 bits per heavy atom. The van der Waals surface area contributed by atoms with E-state index in [2.05, 4.69) is 20.7 Å². The van der Waals surface area contributed by atoms with Crippen molar-refractivity contribution in [3.8, 4) is 0 Å². The number of hydrogen-bond acceptors (Lipinski definition) is 2. The molecule has 0 aliphatic heterocycles. The Hall–Kier alpha value is -1.13. The molecule has 0 heterocycles. The van der Waals surface area contributed by atoms with Gasteiger partial charge in [0.1, 0.15) is 6.61 Å². The van der Waals surface area contributed by atoms with Gasteiger partial charge in [-0.3, -0.25) is 0 Å². The molecule has 2 nitrogen and oxygen atoms in total. The van der Waals surface area contributed by atoms with Crippen LogP contribution in [-0.4, -0.2) is 47.9 Å². The quantitative estimate of drug-likeness (QED) is 0.204. The van der Waals surface area contributed by atoms with E-state index in [0.717, 1.165) is 22.6 Å². The molecule has 15 heteroatoms. The van der Waals surface area contributed by atoms with E-state index in [1.807, 2.05) is 0 Å². The monoisotopic (exact) mass is 646 g/mol. The highest BCUT2D eigenvalue weighted by atomic mass is 127. The van der Waals surface area contributed by atoms with E-state index < -0.39 is 57.5 Å². The van der Waals surface area contributed by atoms with Crippen LogP contribution in [0.4, 0.5) is 48.3 Å². The molecule has 0 N–H and O–H groups in total. The van der Waals surface area contributed by atoms with Crippen molar-refractivity contribution >= 4 is 44.5 Å². The van der Waals surface area contributed by atoms with Crippen molar-refractivity contribution in [2.75, 3.05) is 6.61 Å². The molecule has 2 rings (SSSR count). The number of benzene rings is 1. The molecule has 0 bridgehead atoms. The number of esters is 1. The third-order valence-corrected chi connectivity index (χ3v) is 5.42. The van der Waals surface area contributed by atoms with Gasteiger partial charge in [0.15, 0.2) is 0 Å². The Kier molecular flexibility index (Phi) is 6.51. The lowest BCUT2D eigenvalue weighted by molar-refractivity contribution is -0.476. The summed E-state index contributed by atoms with van der Waals surface area (Å²) in [5.74, 6) is -36.8. The fraction of sp³-hybridized carbons (Fsp3) is 0.438. The lowest BCUT2D eigenvalue weighted by atomic mass is 9.72. The summed E-state index contributed by atoms with van der Waals surface area (Å²) in [6.07, 6.45) is -1.07. The summed E-state index contributed by atoms with van der Waals surface area (Å²) in [5, 5.41) is 0. The minimum absolute atomic E-state index is 0.159. The first-order valence-corrected chi connectivity index (χ1v) is 9.53. The van der Waals surface area contributed by atoms with E-state index in [-0.39, 0.29) is 5.56 Å². The molecular weight excluding hydrogens is 640 g/mol. The largest absolute Gasteiger partial charge is 0.457 e. The Balaban J connectivity index is 2.42. The maximum atomic E-state index is 14.6. The topological polar surface area (TPSA) is 26.3 Å². The lowest BCUT2D eigenvalue weighted by Crippen LogP contribution is -2.83. The number of rotatable bonds is 4. The highest BCUT2D eigenvalue weighted by Crippen LogP contribution is 2.69. The van der Waals surface area contributed by atoms with Crippen molar-refractivity contribution in [3.63, 3.8) is 0 Å². The van der Waals surface area contributed by atoms with Crippen LogP contribution in [-0.2, 0) is 4.74 Å². The fourth-order valence-electron chi connectivity index (χ4n) is 2.49. The van der Waals surface area contributed by atoms with E-state index in [0.29, 0.717) is 4.47 Å². The minimum atomic E-state index is -7.28. The Morgan fingerprint density at radius 1 is 0.806 bits per heavy atom. The third-order valence-electron chi connectivity index (χ3n) is 4.27. The number of allylic oxidation sites excluding steroid dienone is 1. The number of ether oxygens (including phenoxy) is 1. The van der Waals surface area contributed by atoms with Crippen LogP contribution >= 0.6 is 38.5 Å². The maximum Gasteiger partial charge on any atom is 0.384 e. The summed E-state index contributed by atoms with van der Waals surface area (Å²) >= 11 is 3.81. The minimum Gasteiger partial charge on any atom is -0.457 e. The van der Waals surface area contributed by atoms with Crippen molar-refractivity contribution < 1.29 is 57.8 Å². The average molecular weight is 647 g/mol. The summed E-state index contributed by atoms with van der Waals surface area (Å²) in [7, 11) is 0. The molecule has 0 radical (unpaired) electrons. The standard InChI is InChI=1S/C16H7BrF11IO2/c17-8-3-1-7(2-4-8)10(30)31-6-9(29)5-11(18)12(19,20)14(23,24)16(27,28)15(25,26)13(11,21)22/h1-5H,6H2. The second-order valence-electron chi connectivity index (χ2n) is 6.26. The van der Waals surface area contributed by atoms with E-state index in [4.69, 9.17) is 0 Å². The van der Waals surface area contributed by atoms with Crippen molar-refractivity contribution in [1.82, 2.24) is 0 Å². The molecule has 1 aromatic rings. The van der Waals surface area contributed by atoms with E-state index in [9.17, 15) is 53.1 Å². The van der Waals surface area contributed by atoms with Gasteiger partial charge in [-0.1, -0.05) is 15.9 Å². The summed E-state index contributed by atoms with van der Waals surface area (Å²) in [5.41, 5.74) is -6.41. The molecule has 1 fully saturated rings. The van der Waals surface area contributed by atoms with Crippen molar-refractivity contribution in [3.05, 3.63) is 44.0 Å². The van der Waals surface area contributed by atoms with Crippen LogP contribution in [0.3, 0.4) is 0 Å². The zero-order valence-electron chi connectivity index (χ0n) is 14.3. The third kappa shape index (κ3) is 3.53. The van der Waals surface area contributed by atoms with Gasteiger partial charge in [-0.2, -0.15) is 43.9 Å². The average Bonchev–Trinajstić information content (AvgIpc) is 2.64. The van der Waals surface area contributed by atoms with Gasteiger partial charge in [0.25, 0.3) is 5.67 Å². The van der Waals surface area contributed by atoms with E-state index in [1.165, 1.54) is 24.3 Å². The highest BCUT2D eigenvalue weighted by molar-refractivity contribution is 14.1. The van der Waals surface area contributed by atoms with Crippen molar-refractivity contribution in [2.24, 2.45) is 0 Å². The maximum absolute atomic E-state index is 14.6. The van der Waals surface area contributed by atoms with Crippen LogP contribution in [0.2, 0.25) is 0 Å². The lowest BCUT2D eigenvalue weighted by Gasteiger charge is -2.51. The number of halogens is 13. The molecule has 1 aliphatic carbocycles. The summed E-state index contributed by atoms with van der Waals surface area (Å²) in [6, 6.07) is 5.10. The molecule has 174 valence electrons. The first-order valence-electron chi connectivity index (χ1n) is 7.66. The first kappa shape index (κ1) is 26.1. The summed E-state index contributed by atoms with van der Waals surface area (Å²) in [4.78, 5) is 11.8. The van der Waals surface area contributed by atoms with Gasteiger partial charge in [-0.15, -0.1) is 0 Å². The predicted octanol–water partition coefficient (Wildman–Crippen LogP) is 6.82. The second-order valence-corrected chi connectivity index (χ2v) is 8.56. The Bertz CT molecular complexity index is 869. The molecule has 0 unspecified atom stereocenters. The van der Waals surface area contributed by atoms with Gasteiger partial charge in [0.2, 0.25) is 0 Å². The number of hydrogen-bond donors (Lipinski definition) is 0. The highest BCUT2D eigenvalue weighted by Gasteiger charge is 3.00. The van der Waals surface area contributed by atoms with Crippen LogP contribution in [0.15, 0.2) is 38.4 Å². The zero-order valence-corrected chi connectivity index (χ0v) is 18.1. The molecule has 0 spiro atoms. The summed E-state index contributed by atoms with van der Waals surface area (Å²) in [6.45, 7) is -1.29. The fourth-order valence-corrected chi connectivity index (χ4v) is 3.34. The Labute approximate surface area is 188 Å². The second kappa shape index (κ2) is 7.73. The predicted molar refractivity (Wildman–Crippen MR) is 95.1 cm³/mol. The smallest absolute Gasteiger partial charge is 0.384 e. The molecule has 1 aromatic carbocycles. The summed E-state index contributed by atoms with van der Waals surface area (Å²) < 4.78 is 154. The van der Waals surface area contributed by atoms with Crippen LogP contribution in [0.25, 0.3) is 0 Å². The normalized spacial score (nSPS) is 25.0. The molecule has 0 aromatic heterocycles. The number of carbonyl (C=O) groups excluding carboxylic acids is 1. The van der Waals surface area contributed by atoms with Crippen LogP contribution in [0, 0.1) is 0 Å². The van der Waals surface area contributed by atoms with Crippen LogP contribution in [0.1, 0.15) is 10.4 Å². The van der Waals surface area contributed by atoms with E-state index in [1.54, 1.807) is 0 Å². The molecule has 1 aliphatic rings. The number of carbonyl (C=O) groups is 1. The number of alkyl halides is 11. The molecule has 0 atom stereocenters. The van der Waals surface area contributed by atoms with Gasteiger partial charge in [-0.25, -0.2) is 9.18 Å². The van der Waals surface area contributed by atoms with Crippen LogP contribution < -0.4 is 0 Å². The van der Waals surface area contributed by atoms with Gasteiger partial charge in [0, 0.05) is 8.05 Å². The molecule has 0 saturated heterocycles. The molecule has 0 amide bonds. The van der Waals surface area contributed by atoms with Gasteiger partial charge in [0.05, 0.1) is 5.56 Å².